The van der Waals surface area contributed by atoms with Gasteiger partial charge in [-0.1, -0.05) is 6.07 Å². The molecule has 0 bridgehead atoms. The Bertz CT molecular complexity index is 450. The molecule has 1 fully saturated rings. The Morgan fingerprint density at radius 2 is 2.16 bits per heavy atom. The molecule has 1 aromatic carbocycles. The highest BCUT2D eigenvalue weighted by molar-refractivity contribution is 7.80. The topological polar surface area (TPSA) is 67.6 Å². The number of piperazine rings is 1. The molecule has 0 aromatic heterocycles. The fourth-order valence-electron chi connectivity index (χ4n) is 2.03. The summed E-state index contributed by atoms with van der Waals surface area (Å²) in [4.78, 5) is 13.1. The minimum Gasteiger partial charge on any atom is -0.485 e. The molecule has 6 nitrogen and oxygen atoms in total. The van der Waals surface area contributed by atoms with E-state index in [1.54, 1.807) is 18.2 Å². The maximum Gasteiger partial charge on any atom is 0.324 e. The third-order valence-corrected chi connectivity index (χ3v) is 3.40. The Labute approximate surface area is 117 Å². The summed E-state index contributed by atoms with van der Waals surface area (Å²) in [6.07, 6.45) is 0. The summed E-state index contributed by atoms with van der Waals surface area (Å²) in [7, 11) is 0. The van der Waals surface area contributed by atoms with E-state index in [0.29, 0.717) is 11.5 Å². The lowest BCUT2D eigenvalue weighted by atomic mass is 10.3. The molecule has 104 valence electrons. The average Bonchev–Trinajstić information content (AvgIpc) is 2.39. The predicted octanol–water partition coefficient (Wildman–Crippen LogP) is 1.17. The van der Waals surface area contributed by atoms with Crippen LogP contribution in [-0.4, -0.2) is 49.2 Å². The van der Waals surface area contributed by atoms with Gasteiger partial charge in [0.1, 0.15) is 6.61 Å². The normalized spacial score (nSPS) is 16.3. The molecule has 0 spiro atoms. The zero-order valence-electron chi connectivity index (χ0n) is 10.5. The number of rotatable bonds is 5. The number of ether oxygens (including phenoxy) is 1. The number of nitrogens with one attached hydrogen (secondary N) is 1. The summed E-state index contributed by atoms with van der Waals surface area (Å²) in [6, 6.07) is 4.90. The van der Waals surface area contributed by atoms with Gasteiger partial charge in [0, 0.05) is 32.7 Å². The van der Waals surface area contributed by atoms with Crippen molar-refractivity contribution in [1.29, 1.82) is 0 Å². The van der Waals surface area contributed by atoms with Crippen LogP contribution in [0.1, 0.15) is 0 Å². The molecule has 0 aliphatic carbocycles. The molecular weight excluding hydrogens is 266 g/mol. The standard InChI is InChI=1S/C12H17N3O3S/c16-15(17)12-10(2-1-3-11(12)19)18-9-8-14-6-4-13-5-7-14/h1-3,13,19H,4-9H2. The zero-order valence-corrected chi connectivity index (χ0v) is 11.4. The number of nitro benzene ring substituents is 1. The van der Waals surface area contributed by atoms with Crippen molar-refractivity contribution in [3.63, 3.8) is 0 Å². The fraction of sp³-hybridized carbons (Fsp3) is 0.500. The number of hydrogen-bond donors (Lipinski definition) is 2. The smallest absolute Gasteiger partial charge is 0.324 e. The lowest BCUT2D eigenvalue weighted by Gasteiger charge is -2.26. The van der Waals surface area contributed by atoms with Crippen molar-refractivity contribution in [3.05, 3.63) is 28.3 Å². The van der Waals surface area contributed by atoms with E-state index < -0.39 is 4.92 Å². The summed E-state index contributed by atoms with van der Waals surface area (Å²) in [5, 5.41) is 14.2. The van der Waals surface area contributed by atoms with Gasteiger partial charge in [-0.15, -0.1) is 12.6 Å². The quantitative estimate of drug-likeness (QED) is 0.482. The number of benzene rings is 1. The summed E-state index contributed by atoms with van der Waals surface area (Å²) < 4.78 is 5.53. The monoisotopic (exact) mass is 283 g/mol. The summed E-state index contributed by atoms with van der Waals surface area (Å²) in [6.45, 7) is 5.14. The molecule has 1 aromatic rings. The van der Waals surface area contributed by atoms with Crippen LogP contribution in [0.4, 0.5) is 5.69 Å². The molecule has 0 saturated carbocycles. The van der Waals surface area contributed by atoms with E-state index in [-0.39, 0.29) is 11.4 Å². The second-order valence-corrected chi connectivity index (χ2v) is 4.80. The van der Waals surface area contributed by atoms with Crippen LogP contribution in [0.25, 0.3) is 0 Å². The molecule has 2 rings (SSSR count). The van der Waals surface area contributed by atoms with Crippen LogP contribution in [0, 0.1) is 10.1 Å². The van der Waals surface area contributed by atoms with E-state index in [2.05, 4.69) is 22.8 Å². The molecule has 0 amide bonds. The zero-order chi connectivity index (χ0) is 13.7. The van der Waals surface area contributed by atoms with Crippen LogP contribution >= 0.6 is 12.6 Å². The van der Waals surface area contributed by atoms with Crippen molar-refractivity contribution in [1.82, 2.24) is 10.2 Å². The van der Waals surface area contributed by atoms with E-state index in [1.165, 1.54) is 0 Å². The highest BCUT2D eigenvalue weighted by atomic mass is 32.1. The Kier molecular flexibility index (Phi) is 5.00. The first kappa shape index (κ1) is 14.1. The Balaban J connectivity index is 1.92. The Morgan fingerprint density at radius 3 is 2.84 bits per heavy atom. The molecule has 19 heavy (non-hydrogen) atoms. The number of para-hydroxylation sites is 1. The van der Waals surface area contributed by atoms with Crippen molar-refractivity contribution < 1.29 is 9.66 Å². The SMILES string of the molecule is O=[N+]([O-])c1c(S)cccc1OCCN1CCNCC1. The minimum absolute atomic E-state index is 0.0638. The lowest BCUT2D eigenvalue weighted by molar-refractivity contribution is -0.388. The van der Waals surface area contributed by atoms with Crippen molar-refractivity contribution in [2.24, 2.45) is 0 Å². The summed E-state index contributed by atoms with van der Waals surface area (Å²) in [5.41, 5.74) is -0.0638. The number of nitro groups is 1. The average molecular weight is 283 g/mol. The van der Waals surface area contributed by atoms with Crippen LogP contribution < -0.4 is 10.1 Å². The van der Waals surface area contributed by atoms with Gasteiger partial charge in [-0.05, 0) is 12.1 Å². The van der Waals surface area contributed by atoms with E-state index >= 15 is 0 Å². The van der Waals surface area contributed by atoms with Crippen molar-refractivity contribution in [2.75, 3.05) is 39.3 Å². The summed E-state index contributed by atoms with van der Waals surface area (Å²) >= 11 is 4.09. The van der Waals surface area contributed by atoms with E-state index in [9.17, 15) is 10.1 Å². The van der Waals surface area contributed by atoms with Gasteiger partial charge in [0.25, 0.3) is 0 Å². The second-order valence-electron chi connectivity index (χ2n) is 4.32. The highest BCUT2D eigenvalue weighted by Crippen LogP contribution is 2.32. The Morgan fingerprint density at radius 1 is 1.42 bits per heavy atom. The minimum atomic E-state index is -0.456. The second kappa shape index (κ2) is 6.74. The van der Waals surface area contributed by atoms with Gasteiger partial charge < -0.3 is 10.1 Å². The van der Waals surface area contributed by atoms with Gasteiger partial charge in [-0.25, -0.2) is 0 Å². The first-order valence-corrected chi connectivity index (χ1v) is 6.65. The molecule has 1 heterocycles. The van der Waals surface area contributed by atoms with Crippen LogP contribution in [0.3, 0.4) is 0 Å². The van der Waals surface area contributed by atoms with Crippen LogP contribution in [0.5, 0.6) is 5.75 Å². The van der Waals surface area contributed by atoms with E-state index in [1.807, 2.05) is 0 Å². The van der Waals surface area contributed by atoms with Gasteiger partial charge in [-0.3, -0.25) is 15.0 Å². The molecule has 0 radical (unpaired) electrons. The van der Waals surface area contributed by atoms with Crippen LogP contribution in [0.2, 0.25) is 0 Å². The van der Waals surface area contributed by atoms with Gasteiger partial charge >= 0.3 is 5.69 Å². The number of hydrogen-bond acceptors (Lipinski definition) is 6. The highest BCUT2D eigenvalue weighted by Gasteiger charge is 2.19. The molecule has 0 unspecified atom stereocenters. The lowest BCUT2D eigenvalue weighted by Crippen LogP contribution is -2.44. The van der Waals surface area contributed by atoms with Gasteiger partial charge in [-0.2, -0.15) is 0 Å². The fourth-order valence-corrected chi connectivity index (χ4v) is 2.31. The molecule has 1 aliphatic heterocycles. The van der Waals surface area contributed by atoms with Gasteiger partial charge in [0.2, 0.25) is 0 Å². The largest absolute Gasteiger partial charge is 0.485 e. The molecular formula is C12H17N3O3S. The maximum absolute atomic E-state index is 11.0. The number of nitrogens with zero attached hydrogens (tertiary/aromatic N) is 2. The molecule has 1 N–H and O–H groups in total. The van der Waals surface area contributed by atoms with Gasteiger partial charge in [0.15, 0.2) is 5.75 Å². The maximum atomic E-state index is 11.0. The molecule has 7 heteroatoms. The predicted molar refractivity (Wildman–Crippen MR) is 75.2 cm³/mol. The van der Waals surface area contributed by atoms with E-state index in [4.69, 9.17) is 4.74 Å². The van der Waals surface area contributed by atoms with Crippen molar-refractivity contribution in [3.8, 4) is 5.75 Å². The third-order valence-electron chi connectivity index (χ3n) is 3.03. The Hall–Kier alpha value is -1.31. The first-order valence-electron chi connectivity index (χ1n) is 6.20. The van der Waals surface area contributed by atoms with Crippen molar-refractivity contribution >= 4 is 18.3 Å². The van der Waals surface area contributed by atoms with Gasteiger partial charge in [0.05, 0.1) is 9.82 Å². The third kappa shape index (κ3) is 3.82. The van der Waals surface area contributed by atoms with E-state index in [0.717, 1.165) is 32.7 Å². The molecule has 0 atom stereocenters. The van der Waals surface area contributed by atoms with Crippen molar-refractivity contribution in [2.45, 2.75) is 4.90 Å². The molecule has 1 saturated heterocycles. The summed E-state index contributed by atoms with van der Waals surface area (Å²) in [5.74, 6) is 0.285. The number of thiol groups is 1. The first-order chi connectivity index (χ1) is 9.18. The molecule has 1 aliphatic rings. The van der Waals surface area contributed by atoms with Crippen LogP contribution in [0.15, 0.2) is 23.1 Å². The van der Waals surface area contributed by atoms with Crippen LogP contribution in [-0.2, 0) is 0 Å².